The van der Waals surface area contributed by atoms with Gasteiger partial charge in [0.15, 0.2) is 5.65 Å². The molecule has 0 atom stereocenters. The van der Waals surface area contributed by atoms with Gasteiger partial charge in [0.05, 0.1) is 13.4 Å². The molecular weight excluding hydrogens is 252 g/mol. The summed E-state index contributed by atoms with van der Waals surface area (Å²) in [6.07, 6.45) is 1.57. The molecule has 2 aromatic heterocycles. The van der Waals surface area contributed by atoms with E-state index < -0.39 is 0 Å². The molecule has 1 aromatic carbocycles. The van der Waals surface area contributed by atoms with Crippen molar-refractivity contribution in [2.45, 2.75) is 0 Å². The van der Waals surface area contributed by atoms with Crippen molar-refractivity contribution in [2.75, 3.05) is 7.11 Å². The number of benzene rings is 1. The average Bonchev–Trinajstić information content (AvgIpc) is 2.85. The van der Waals surface area contributed by atoms with Gasteiger partial charge in [0.2, 0.25) is 5.28 Å². The first kappa shape index (κ1) is 11.0. The Morgan fingerprint density at radius 3 is 3.00 bits per heavy atom. The highest BCUT2D eigenvalue weighted by molar-refractivity contribution is 6.28. The van der Waals surface area contributed by atoms with E-state index in [9.17, 15) is 0 Å². The minimum atomic E-state index is 0.174. The van der Waals surface area contributed by atoms with E-state index in [4.69, 9.17) is 16.3 Å². The third kappa shape index (κ3) is 1.78. The van der Waals surface area contributed by atoms with E-state index in [1.165, 1.54) is 0 Å². The quantitative estimate of drug-likeness (QED) is 0.720. The number of aromatic nitrogens is 4. The summed E-state index contributed by atoms with van der Waals surface area (Å²) in [5.74, 6) is 0.759. The normalized spacial score (nSPS) is 10.8. The molecule has 0 saturated carbocycles. The van der Waals surface area contributed by atoms with Crippen molar-refractivity contribution in [1.82, 2.24) is 19.9 Å². The highest BCUT2D eigenvalue weighted by atomic mass is 35.5. The van der Waals surface area contributed by atoms with Gasteiger partial charge in [0.1, 0.15) is 17.0 Å². The molecule has 0 bridgehead atoms. The van der Waals surface area contributed by atoms with Gasteiger partial charge >= 0.3 is 0 Å². The third-order valence-corrected chi connectivity index (χ3v) is 2.77. The standard InChI is InChI=1S/C12H9ClN4O/c1-18-8-4-2-3-7(5-8)9-10-11(15-6-14-10)17-12(13)16-9/h2-6H,1H3,(H,14,15,16,17). The first-order chi connectivity index (χ1) is 8.78. The zero-order valence-electron chi connectivity index (χ0n) is 9.51. The molecule has 5 nitrogen and oxygen atoms in total. The highest BCUT2D eigenvalue weighted by Crippen LogP contribution is 2.27. The van der Waals surface area contributed by atoms with Crippen LogP contribution in [0.15, 0.2) is 30.6 Å². The Labute approximate surface area is 108 Å². The lowest BCUT2D eigenvalue weighted by atomic mass is 10.1. The molecule has 18 heavy (non-hydrogen) atoms. The summed E-state index contributed by atoms with van der Waals surface area (Å²) in [5, 5.41) is 0.174. The number of imidazole rings is 1. The van der Waals surface area contributed by atoms with Crippen LogP contribution < -0.4 is 4.74 Å². The molecule has 0 saturated heterocycles. The zero-order chi connectivity index (χ0) is 12.5. The summed E-state index contributed by atoms with van der Waals surface area (Å²) in [5.41, 5.74) is 2.91. The smallest absolute Gasteiger partial charge is 0.225 e. The Morgan fingerprint density at radius 1 is 1.28 bits per heavy atom. The summed E-state index contributed by atoms with van der Waals surface area (Å²) in [4.78, 5) is 15.4. The summed E-state index contributed by atoms with van der Waals surface area (Å²) in [6.45, 7) is 0. The molecule has 0 unspecified atom stereocenters. The molecule has 0 aliphatic rings. The highest BCUT2D eigenvalue weighted by Gasteiger charge is 2.11. The number of methoxy groups -OCH3 is 1. The molecule has 0 amide bonds. The number of hydrogen-bond donors (Lipinski definition) is 1. The van der Waals surface area contributed by atoms with Gasteiger partial charge in [-0.15, -0.1) is 0 Å². The summed E-state index contributed by atoms with van der Waals surface area (Å²) in [7, 11) is 1.62. The van der Waals surface area contributed by atoms with Gasteiger partial charge in [-0.1, -0.05) is 12.1 Å². The second kappa shape index (κ2) is 4.27. The van der Waals surface area contributed by atoms with Crippen LogP contribution in [0.1, 0.15) is 0 Å². The van der Waals surface area contributed by atoms with Crippen molar-refractivity contribution < 1.29 is 4.74 Å². The average molecular weight is 261 g/mol. The molecule has 1 N–H and O–H groups in total. The zero-order valence-corrected chi connectivity index (χ0v) is 10.3. The van der Waals surface area contributed by atoms with E-state index in [-0.39, 0.29) is 5.28 Å². The maximum atomic E-state index is 5.90. The van der Waals surface area contributed by atoms with E-state index in [1.807, 2.05) is 24.3 Å². The Bertz CT molecular complexity index is 710. The second-order valence-corrected chi connectivity index (χ2v) is 4.01. The van der Waals surface area contributed by atoms with Gasteiger partial charge in [-0.05, 0) is 23.7 Å². The van der Waals surface area contributed by atoms with Crippen LogP contribution >= 0.6 is 11.6 Å². The molecule has 2 heterocycles. The van der Waals surface area contributed by atoms with Gasteiger partial charge < -0.3 is 9.72 Å². The van der Waals surface area contributed by atoms with Gasteiger partial charge in [0.25, 0.3) is 0 Å². The van der Waals surface area contributed by atoms with Gasteiger partial charge in [-0.25, -0.2) is 9.97 Å². The molecule has 0 spiro atoms. The number of halogens is 1. The first-order valence-corrected chi connectivity index (χ1v) is 5.67. The van der Waals surface area contributed by atoms with Gasteiger partial charge in [-0.2, -0.15) is 4.98 Å². The number of fused-ring (bicyclic) bond motifs is 1. The maximum absolute atomic E-state index is 5.90. The summed E-state index contributed by atoms with van der Waals surface area (Å²) < 4.78 is 5.20. The summed E-state index contributed by atoms with van der Waals surface area (Å²) in [6, 6.07) is 7.59. The number of hydrogen-bond acceptors (Lipinski definition) is 4. The Kier molecular flexibility index (Phi) is 2.60. The molecule has 0 aliphatic heterocycles. The van der Waals surface area contributed by atoms with Crippen molar-refractivity contribution >= 4 is 22.8 Å². The number of ether oxygens (including phenoxy) is 1. The number of nitrogens with one attached hydrogen (secondary N) is 1. The lowest BCUT2D eigenvalue weighted by Crippen LogP contribution is -1.91. The Morgan fingerprint density at radius 2 is 2.17 bits per heavy atom. The van der Waals surface area contributed by atoms with Crippen molar-refractivity contribution in [3.8, 4) is 17.0 Å². The third-order valence-electron chi connectivity index (χ3n) is 2.60. The Balaban J connectivity index is 2.26. The maximum Gasteiger partial charge on any atom is 0.225 e. The number of nitrogens with zero attached hydrogens (tertiary/aromatic N) is 3. The van der Waals surface area contributed by atoms with Crippen LogP contribution in [0.25, 0.3) is 22.4 Å². The first-order valence-electron chi connectivity index (χ1n) is 5.29. The fourth-order valence-electron chi connectivity index (χ4n) is 1.79. The van der Waals surface area contributed by atoms with Gasteiger partial charge in [-0.3, -0.25) is 0 Å². The topological polar surface area (TPSA) is 63.7 Å². The predicted molar refractivity (Wildman–Crippen MR) is 68.7 cm³/mol. The number of rotatable bonds is 2. The fraction of sp³-hybridized carbons (Fsp3) is 0.0833. The van der Waals surface area contributed by atoms with Crippen LogP contribution in [0.3, 0.4) is 0 Å². The minimum absolute atomic E-state index is 0.174. The van der Waals surface area contributed by atoms with E-state index >= 15 is 0 Å². The molecule has 6 heteroatoms. The summed E-state index contributed by atoms with van der Waals surface area (Å²) >= 11 is 5.90. The van der Waals surface area contributed by atoms with Crippen molar-refractivity contribution in [1.29, 1.82) is 0 Å². The molecule has 0 radical (unpaired) electrons. The van der Waals surface area contributed by atoms with Crippen molar-refractivity contribution in [2.24, 2.45) is 0 Å². The minimum Gasteiger partial charge on any atom is -0.497 e. The van der Waals surface area contributed by atoms with E-state index in [0.717, 1.165) is 16.8 Å². The van der Waals surface area contributed by atoms with E-state index in [2.05, 4.69) is 19.9 Å². The van der Waals surface area contributed by atoms with Gasteiger partial charge in [0, 0.05) is 5.56 Å². The molecule has 3 rings (SSSR count). The fourth-order valence-corrected chi connectivity index (χ4v) is 1.95. The van der Waals surface area contributed by atoms with Crippen LogP contribution in [0, 0.1) is 0 Å². The monoisotopic (exact) mass is 260 g/mol. The van der Waals surface area contributed by atoms with Crippen LogP contribution in [0.5, 0.6) is 5.75 Å². The second-order valence-electron chi connectivity index (χ2n) is 3.67. The lowest BCUT2D eigenvalue weighted by molar-refractivity contribution is 0.415. The van der Waals surface area contributed by atoms with E-state index in [0.29, 0.717) is 11.3 Å². The molecular formula is C12H9ClN4O. The van der Waals surface area contributed by atoms with Crippen LogP contribution in [0.4, 0.5) is 0 Å². The molecule has 0 aliphatic carbocycles. The SMILES string of the molecule is COc1cccc(-c2nc(Cl)nc3nc[nH]c23)c1. The number of H-pyrrole nitrogens is 1. The van der Waals surface area contributed by atoms with Crippen molar-refractivity contribution in [3.05, 3.63) is 35.9 Å². The molecule has 3 aromatic rings. The molecule has 0 fully saturated rings. The van der Waals surface area contributed by atoms with Crippen LogP contribution in [-0.4, -0.2) is 27.0 Å². The van der Waals surface area contributed by atoms with Crippen LogP contribution in [0.2, 0.25) is 5.28 Å². The van der Waals surface area contributed by atoms with E-state index in [1.54, 1.807) is 13.4 Å². The van der Waals surface area contributed by atoms with Crippen LogP contribution in [-0.2, 0) is 0 Å². The molecule has 90 valence electrons. The lowest BCUT2D eigenvalue weighted by Gasteiger charge is -2.05. The predicted octanol–water partition coefficient (Wildman–Crippen LogP) is 2.68. The number of aromatic amines is 1. The Hall–Kier alpha value is -2.14. The van der Waals surface area contributed by atoms with Crippen molar-refractivity contribution in [3.63, 3.8) is 0 Å². The largest absolute Gasteiger partial charge is 0.497 e.